The fraction of sp³-hybridized carbons (Fsp3) is 0.235. The van der Waals surface area contributed by atoms with Gasteiger partial charge in [-0.05, 0) is 25.1 Å². The van der Waals surface area contributed by atoms with Crippen molar-refractivity contribution in [3.8, 4) is 16.3 Å². The van der Waals surface area contributed by atoms with Crippen molar-refractivity contribution in [1.29, 1.82) is 0 Å². The maximum atomic E-state index is 9.53. The number of phenols is 1. The van der Waals surface area contributed by atoms with E-state index in [1.807, 2.05) is 19.1 Å². The van der Waals surface area contributed by atoms with Crippen LogP contribution in [-0.2, 0) is 4.74 Å². The van der Waals surface area contributed by atoms with Gasteiger partial charge in [0.25, 0.3) is 0 Å². The molecule has 130 valence electrons. The predicted molar refractivity (Wildman–Crippen MR) is 99.5 cm³/mol. The van der Waals surface area contributed by atoms with Crippen LogP contribution in [0.2, 0.25) is 0 Å². The van der Waals surface area contributed by atoms with Gasteiger partial charge in [-0.15, -0.1) is 0 Å². The van der Waals surface area contributed by atoms with E-state index in [2.05, 4.69) is 25.6 Å². The number of methoxy groups -OCH3 is 1. The molecule has 1 atom stereocenters. The van der Waals surface area contributed by atoms with Crippen molar-refractivity contribution in [3.05, 3.63) is 42.7 Å². The van der Waals surface area contributed by atoms with E-state index in [1.54, 1.807) is 37.7 Å². The Hall–Kier alpha value is -2.71. The van der Waals surface area contributed by atoms with Crippen molar-refractivity contribution < 1.29 is 9.84 Å². The molecule has 8 heteroatoms. The molecule has 0 bridgehead atoms. The van der Waals surface area contributed by atoms with Crippen LogP contribution in [0.5, 0.6) is 5.75 Å². The number of phenolic OH excluding ortho intramolecular Hbond substituents is 1. The molecule has 25 heavy (non-hydrogen) atoms. The SMILES string of the molecule is COCC(C)Nc1ncc(-c2ccnc(Nc3cccc(O)c3)n2)s1. The number of anilines is 3. The van der Waals surface area contributed by atoms with E-state index < -0.39 is 0 Å². The second kappa shape index (κ2) is 7.91. The standard InChI is InChI=1S/C17H19N5O2S/c1-11(10-24-2)20-17-19-9-15(25-17)14-6-7-18-16(22-14)21-12-4-3-5-13(23)8-12/h3-9,11,23H,10H2,1-2H3,(H,19,20)(H,18,21,22). The molecular weight excluding hydrogens is 338 g/mol. The molecule has 3 N–H and O–H groups in total. The highest BCUT2D eigenvalue weighted by atomic mass is 32.1. The van der Waals surface area contributed by atoms with Gasteiger partial charge >= 0.3 is 0 Å². The van der Waals surface area contributed by atoms with E-state index in [-0.39, 0.29) is 11.8 Å². The molecule has 2 aromatic heterocycles. The molecule has 0 fully saturated rings. The molecule has 0 saturated heterocycles. The van der Waals surface area contributed by atoms with E-state index >= 15 is 0 Å². The van der Waals surface area contributed by atoms with Gasteiger partial charge in [0.05, 0.1) is 17.2 Å². The molecule has 1 unspecified atom stereocenters. The van der Waals surface area contributed by atoms with Crippen molar-refractivity contribution in [3.63, 3.8) is 0 Å². The Kier molecular flexibility index (Phi) is 5.42. The topological polar surface area (TPSA) is 92.2 Å². The van der Waals surface area contributed by atoms with Crippen LogP contribution >= 0.6 is 11.3 Å². The first-order valence-electron chi connectivity index (χ1n) is 7.75. The van der Waals surface area contributed by atoms with Gasteiger partial charge in [-0.1, -0.05) is 17.4 Å². The summed E-state index contributed by atoms with van der Waals surface area (Å²) in [5.74, 6) is 0.642. The van der Waals surface area contributed by atoms with Crippen molar-refractivity contribution in [1.82, 2.24) is 15.0 Å². The fourth-order valence-electron chi connectivity index (χ4n) is 2.23. The molecule has 1 aromatic carbocycles. The number of rotatable bonds is 7. The first kappa shape index (κ1) is 17.1. The van der Waals surface area contributed by atoms with Crippen LogP contribution in [0.3, 0.4) is 0 Å². The second-order valence-electron chi connectivity index (χ2n) is 5.47. The summed E-state index contributed by atoms with van der Waals surface area (Å²) in [5.41, 5.74) is 1.50. The highest BCUT2D eigenvalue weighted by Crippen LogP contribution is 2.28. The van der Waals surface area contributed by atoms with Gasteiger partial charge in [0, 0.05) is 37.3 Å². The largest absolute Gasteiger partial charge is 0.508 e. The smallest absolute Gasteiger partial charge is 0.227 e. The zero-order valence-electron chi connectivity index (χ0n) is 13.9. The van der Waals surface area contributed by atoms with Crippen LogP contribution in [0, 0.1) is 0 Å². The summed E-state index contributed by atoms with van der Waals surface area (Å²) >= 11 is 1.52. The lowest BCUT2D eigenvalue weighted by atomic mass is 10.3. The number of ether oxygens (including phenoxy) is 1. The molecule has 0 amide bonds. The Morgan fingerprint density at radius 2 is 2.16 bits per heavy atom. The Balaban J connectivity index is 1.74. The van der Waals surface area contributed by atoms with Crippen molar-refractivity contribution >= 4 is 28.1 Å². The zero-order chi connectivity index (χ0) is 17.6. The third kappa shape index (κ3) is 4.65. The van der Waals surface area contributed by atoms with Gasteiger partial charge in [-0.3, -0.25) is 0 Å². The third-order valence-electron chi connectivity index (χ3n) is 3.30. The first-order valence-corrected chi connectivity index (χ1v) is 8.56. The van der Waals surface area contributed by atoms with Crippen LogP contribution in [0.4, 0.5) is 16.8 Å². The molecule has 0 aliphatic rings. The second-order valence-corrected chi connectivity index (χ2v) is 6.50. The highest BCUT2D eigenvalue weighted by molar-refractivity contribution is 7.18. The Morgan fingerprint density at radius 3 is 2.96 bits per heavy atom. The summed E-state index contributed by atoms with van der Waals surface area (Å²) in [6.07, 6.45) is 3.47. The van der Waals surface area contributed by atoms with Crippen LogP contribution in [0.15, 0.2) is 42.7 Å². The number of aromatic nitrogens is 3. The van der Waals surface area contributed by atoms with E-state index in [9.17, 15) is 5.11 Å². The molecule has 0 spiro atoms. The molecule has 0 aliphatic carbocycles. The van der Waals surface area contributed by atoms with Gasteiger partial charge in [-0.2, -0.15) is 0 Å². The van der Waals surface area contributed by atoms with Crippen molar-refractivity contribution in [2.24, 2.45) is 0 Å². The number of aromatic hydroxyl groups is 1. The minimum Gasteiger partial charge on any atom is -0.508 e. The van der Waals surface area contributed by atoms with Gasteiger partial charge in [0.15, 0.2) is 5.13 Å². The van der Waals surface area contributed by atoms with Crippen LogP contribution in [0.1, 0.15) is 6.92 Å². The average Bonchev–Trinajstić information content (AvgIpc) is 3.04. The van der Waals surface area contributed by atoms with Crippen molar-refractivity contribution in [2.75, 3.05) is 24.4 Å². The minimum absolute atomic E-state index is 0.178. The van der Waals surface area contributed by atoms with Gasteiger partial charge in [0.2, 0.25) is 5.95 Å². The van der Waals surface area contributed by atoms with Crippen LogP contribution < -0.4 is 10.6 Å². The summed E-state index contributed by atoms with van der Waals surface area (Å²) in [6.45, 7) is 2.65. The zero-order valence-corrected chi connectivity index (χ0v) is 14.7. The van der Waals surface area contributed by atoms with Crippen molar-refractivity contribution in [2.45, 2.75) is 13.0 Å². The Bertz CT molecular complexity index is 839. The Morgan fingerprint density at radius 1 is 1.28 bits per heavy atom. The fourth-order valence-corrected chi connectivity index (χ4v) is 3.13. The molecule has 0 aliphatic heterocycles. The summed E-state index contributed by atoms with van der Waals surface area (Å²) in [7, 11) is 1.67. The number of nitrogens with one attached hydrogen (secondary N) is 2. The molecule has 3 aromatic rings. The maximum absolute atomic E-state index is 9.53. The number of hydrogen-bond acceptors (Lipinski definition) is 8. The molecule has 3 rings (SSSR count). The monoisotopic (exact) mass is 357 g/mol. The van der Waals surface area contributed by atoms with E-state index in [0.717, 1.165) is 21.4 Å². The highest BCUT2D eigenvalue weighted by Gasteiger charge is 2.09. The van der Waals surface area contributed by atoms with E-state index in [1.165, 1.54) is 11.3 Å². The average molecular weight is 357 g/mol. The molecule has 2 heterocycles. The summed E-state index contributed by atoms with van der Waals surface area (Å²) in [6, 6.07) is 8.83. The summed E-state index contributed by atoms with van der Waals surface area (Å²) < 4.78 is 5.12. The Labute approximate surface area is 149 Å². The van der Waals surface area contributed by atoms with Crippen LogP contribution in [-0.4, -0.2) is 39.8 Å². The third-order valence-corrected chi connectivity index (χ3v) is 4.25. The number of nitrogens with zero attached hydrogens (tertiary/aromatic N) is 3. The van der Waals surface area contributed by atoms with Crippen LogP contribution in [0.25, 0.3) is 10.6 Å². The summed E-state index contributed by atoms with van der Waals surface area (Å²) in [5, 5.41) is 16.7. The number of hydrogen-bond donors (Lipinski definition) is 3. The van der Waals surface area contributed by atoms with Gasteiger partial charge in [-0.25, -0.2) is 15.0 Å². The lowest BCUT2D eigenvalue weighted by molar-refractivity contribution is 0.190. The lowest BCUT2D eigenvalue weighted by Crippen LogP contribution is -2.20. The predicted octanol–water partition coefficient (Wildman–Crippen LogP) is 3.50. The normalized spacial score (nSPS) is 11.9. The van der Waals surface area contributed by atoms with Gasteiger partial charge < -0.3 is 20.5 Å². The minimum atomic E-state index is 0.178. The number of thiazole rings is 1. The number of benzene rings is 1. The van der Waals surface area contributed by atoms with Gasteiger partial charge in [0.1, 0.15) is 5.75 Å². The van der Waals surface area contributed by atoms with E-state index in [0.29, 0.717) is 12.6 Å². The quantitative estimate of drug-likeness (QED) is 0.596. The van der Waals surface area contributed by atoms with E-state index in [4.69, 9.17) is 4.74 Å². The molecule has 0 saturated carbocycles. The maximum Gasteiger partial charge on any atom is 0.227 e. The molecule has 0 radical (unpaired) electrons. The first-order chi connectivity index (χ1) is 12.1. The summed E-state index contributed by atoms with van der Waals surface area (Å²) in [4.78, 5) is 14.0. The molecule has 7 nitrogen and oxygen atoms in total. The lowest BCUT2D eigenvalue weighted by Gasteiger charge is -2.10. The molecular formula is C17H19N5O2S.